The first kappa shape index (κ1) is 15.0. The minimum Gasteiger partial charge on any atom is -0.396 e. The average Bonchev–Trinajstić information content (AvgIpc) is 2.47. The molecule has 0 atom stereocenters. The van der Waals surface area contributed by atoms with Crippen LogP contribution < -0.4 is 5.32 Å². The summed E-state index contributed by atoms with van der Waals surface area (Å²) in [6.07, 6.45) is 0.828. The summed E-state index contributed by atoms with van der Waals surface area (Å²) in [5.41, 5.74) is 0.846. The van der Waals surface area contributed by atoms with Crippen molar-refractivity contribution < 1.29 is 9.90 Å². The lowest BCUT2D eigenvalue weighted by molar-refractivity contribution is -0.117. The Balaban J connectivity index is 1.68. The fourth-order valence-corrected chi connectivity index (χ4v) is 2.39. The molecule has 0 saturated carbocycles. The smallest absolute Gasteiger partial charge is 0.238 e. The van der Waals surface area contributed by atoms with Gasteiger partial charge >= 0.3 is 0 Å². The van der Waals surface area contributed by atoms with E-state index in [1.807, 2.05) is 30.3 Å². The molecule has 0 aliphatic carbocycles. The standard InChI is InChI=1S/C15H23N3O2/c19-12-4-7-17-8-10-18(11-9-17)13-15(20)16-14-5-2-1-3-6-14/h1-3,5-6,19H,4,7-13H2,(H,16,20). The van der Waals surface area contributed by atoms with E-state index in [-0.39, 0.29) is 12.5 Å². The number of amides is 1. The van der Waals surface area contributed by atoms with Gasteiger partial charge in [0, 0.05) is 45.0 Å². The van der Waals surface area contributed by atoms with Crippen molar-refractivity contribution in [2.24, 2.45) is 0 Å². The largest absolute Gasteiger partial charge is 0.396 e. The third-order valence-corrected chi connectivity index (χ3v) is 3.52. The van der Waals surface area contributed by atoms with Crippen LogP contribution >= 0.6 is 0 Å². The number of para-hydroxylation sites is 1. The van der Waals surface area contributed by atoms with Crippen molar-refractivity contribution in [3.05, 3.63) is 30.3 Å². The van der Waals surface area contributed by atoms with Crippen molar-refractivity contribution >= 4 is 11.6 Å². The molecule has 1 heterocycles. The van der Waals surface area contributed by atoms with Gasteiger partial charge in [-0.15, -0.1) is 0 Å². The molecule has 1 amide bonds. The minimum absolute atomic E-state index is 0.0417. The van der Waals surface area contributed by atoms with Crippen molar-refractivity contribution in [1.29, 1.82) is 0 Å². The molecule has 5 heteroatoms. The topological polar surface area (TPSA) is 55.8 Å². The van der Waals surface area contributed by atoms with Gasteiger partial charge in [0.2, 0.25) is 5.91 Å². The van der Waals surface area contributed by atoms with Crippen molar-refractivity contribution in [2.75, 3.05) is 51.2 Å². The van der Waals surface area contributed by atoms with E-state index in [9.17, 15) is 4.79 Å². The van der Waals surface area contributed by atoms with E-state index in [2.05, 4.69) is 15.1 Å². The number of carbonyl (C=O) groups is 1. The Morgan fingerprint density at radius 2 is 1.75 bits per heavy atom. The van der Waals surface area contributed by atoms with Crippen LogP contribution in [0.1, 0.15) is 6.42 Å². The zero-order valence-corrected chi connectivity index (χ0v) is 11.8. The molecule has 0 aromatic heterocycles. The monoisotopic (exact) mass is 277 g/mol. The molecule has 1 fully saturated rings. The molecular weight excluding hydrogens is 254 g/mol. The van der Waals surface area contributed by atoms with Crippen molar-refractivity contribution in [1.82, 2.24) is 9.80 Å². The van der Waals surface area contributed by atoms with E-state index in [0.29, 0.717) is 6.54 Å². The van der Waals surface area contributed by atoms with Crippen LogP contribution in [0.4, 0.5) is 5.69 Å². The number of carbonyl (C=O) groups excluding carboxylic acids is 1. The molecule has 2 N–H and O–H groups in total. The van der Waals surface area contributed by atoms with E-state index in [1.54, 1.807) is 0 Å². The Kier molecular flexibility index (Phi) is 5.98. The van der Waals surface area contributed by atoms with Gasteiger partial charge in [0.1, 0.15) is 0 Å². The molecule has 1 saturated heterocycles. The molecule has 1 aliphatic heterocycles. The van der Waals surface area contributed by atoms with Crippen molar-refractivity contribution in [2.45, 2.75) is 6.42 Å². The van der Waals surface area contributed by atoms with Crippen LogP contribution in [-0.2, 0) is 4.79 Å². The normalized spacial score (nSPS) is 17.1. The van der Waals surface area contributed by atoms with Gasteiger partial charge in [-0.3, -0.25) is 9.69 Å². The summed E-state index contributed by atoms with van der Waals surface area (Å²) in [7, 11) is 0. The van der Waals surface area contributed by atoms with Gasteiger partial charge < -0.3 is 15.3 Å². The number of rotatable bonds is 6. The fraction of sp³-hybridized carbons (Fsp3) is 0.533. The predicted octanol–water partition coefficient (Wildman–Crippen LogP) is 0.625. The summed E-state index contributed by atoms with van der Waals surface area (Å²) in [6.45, 7) is 5.40. The molecule has 110 valence electrons. The molecular formula is C15H23N3O2. The third kappa shape index (κ3) is 4.92. The summed E-state index contributed by atoms with van der Waals surface area (Å²) in [5, 5.41) is 11.7. The van der Waals surface area contributed by atoms with Gasteiger partial charge in [-0.25, -0.2) is 0 Å². The lowest BCUT2D eigenvalue weighted by atomic mass is 10.3. The highest BCUT2D eigenvalue weighted by Crippen LogP contribution is 2.06. The maximum absolute atomic E-state index is 11.9. The molecule has 1 aromatic rings. The highest BCUT2D eigenvalue weighted by atomic mass is 16.3. The third-order valence-electron chi connectivity index (χ3n) is 3.52. The molecule has 1 aromatic carbocycles. The Labute approximate surface area is 120 Å². The first-order valence-corrected chi connectivity index (χ1v) is 7.18. The summed E-state index contributed by atoms with van der Waals surface area (Å²) < 4.78 is 0. The van der Waals surface area contributed by atoms with E-state index in [0.717, 1.165) is 44.8 Å². The summed E-state index contributed by atoms with van der Waals surface area (Å²) >= 11 is 0. The molecule has 2 rings (SSSR count). The Bertz CT molecular complexity index is 403. The van der Waals surface area contributed by atoms with Crippen LogP contribution in [0.2, 0.25) is 0 Å². The molecule has 5 nitrogen and oxygen atoms in total. The second-order valence-electron chi connectivity index (χ2n) is 5.11. The lowest BCUT2D eigenvalue weighted by Gasteiger charge is -2.34. The first-order chi connectivity index (χ1) is 9.78. The summed E-state index contributed by atoms with van der Waals surface area (Å²) in [6, 6.07) is 9.54. The predicted molar refractivity (Wildman–Crippen MR) is 79.7 cm³/mol. The maximum atomic E-state index is 11.9. The quantitative estimate of drug-likeness (QED) is 0.800. The number of hydrogen-bond donors (Lipinski definition) is 2. The number of hydrogen-bond acceptors (Lipinski definition) is 4. The molecule has 1 aliphatic rings. The number of aliphatic hydroxyl groups excluding tert-OH is 1. The second kappa shape index (κ2) is 7.99. The van der Waals surface area contributed by atoms with E-state index in [1.165, 1.54) is 0 Å². The maximum Gasteiger partial charge on any atom is 0.238 e. The zero-order chi connectivity index (χ0) is 14.2. The van der Waals surface area contributed by atoms with Gasteiger partial charge in [-0.1, -0.05) is 18.2 Å². The lowest BCUT2D eigenvalue weighted by Crippen LogP contribution is -2.48. The van der Waals surface area contributed by atoms with Crippen LogP contribution in [0.25, 0.3) is 0 Å². The van der Waals surface area contributed by atoms with Gasteiger partial charge in [-0.05, 0) is 18.6 Å². The Hall–Kier alpha value is -1.43. The minimum atomic E-state index is 0.0417. The summed E-state index contributed by atoms with van der Waals surface area (Å²) in [5.74, 6) is 0.0417. The van der Waals surface area contributed by atoms with Crippen LogP contribution in [0.5, 0.6) is 0 Å². The fourth-order valence-electron chi connectivity index (χ4n) is 2.39. The molecule has 0 unspecified atom stereocenters. The number of benzene rings is 1. The second-order valence-corrected chi connectivity index (χ2v) is 5.11. The summed E-state index contributed by atoms with van der Waals surface area (Å²) in [4.78, 5) is 16.4. The first-order valence-electron chi connectivity index (χ1n) is 7.18. The highest BCUT2D eigenvalue weighted by molar-refractivity contribution is 5.92. The van der Waals surface area contributed by atoms with E-state index >= 15 is 0 Å². The van der Waals surface area contributed by atoms with Crippen LogP contribution in [0.3, 0.4) is 0 Å². The number of nitrogens with one attached hydrogen (secondary N) is 1. The van der Waals surface area contributed by atoms with Crippen LogP contribution in [-0.4, -0.2) is 66.7 Å². The zero-order valence-electron chi connectivity index (χ0n) is 11.8. The SMILES string of the molecule is O=C(CN1CCN(CCCO)CC1)Nc1ccccc1. The number of piperazine rings is 1. The van der Waals surface area contributed by atoms with E-state index < -0.39 is 0 Å². The number of nitrogens with zero attached hydrogens (tertiary/aromatic N) is 2. The molecule has 0 radical (unpaired) electrons. The van der Waals surface area contributed by atoms with Crippen LogP contribution in [0, 0.1) is 0 Å². The number of anilines is 1. The number of aliphatic hydroxyl groups is 1. The van der Waals surface area contributed by atoms with Crippen LogP contribution in [0.15, 0.2) is 30.3 Å². The van der Waals surface area contributed by atoms with E-state index in [4.69, 9.17) is 5.11 Å². The van der Waals surface area contributed by atoms with Crippen molar-refractivity contribution in [3.63, 3.8) is 0 Å². The molecule has 0 spiro atoms. The van der Waals surface area contributed by atoms with Gasteiger partial charge in [0.15, 0.2) is 0 Å². The van der Waals surface area contributed by atoms with Gasteiger partial charge in [-0.2, -0.15) is 0 Å². The Morgan fingerprint density at radius 1 is 1.10 bits per heavy atom. The Morgan fingerprint density at radius 3 is 2.40 bits per heavy atom. The van der Waals surface area contributed by atoms with Gasteiger partial charge in [0.25, 0.3) is 0 Å². The highest BCUT2D eigenvalue weighted by Gasteiger charge is 2.18. The van der Waals surface area contributed by atoms with Crippen molar-refractivity contribution in [3.8, 4) is 0 Å². The molecule has 20 heavy (non-hydrogen) atoms. The molecule has 0 bridgehead atoms. The average molecular weight is 277 g/mol. The van der Waals surface area contributed by atoms with Gasteiger partial charge in [0.05, 0.1) is 6.54 Å².